The number of aromatic nitrogens is 3. The van der Waals surface area contributed by atoms with Crippen molar-refractivity contribution >= 4 is 43.9 Å². The number of benzene rings is 7. The molecule has 43 heavy (non-hydrogen) atoms. The van der Waals surface area contributed by atoms with Gasteiger partial charge in [0.2, 0.25) is 5.28 Å². The first-order chi connectivity index (χ1) is 21.2. The topological polar surface area (TPSA) is 38.7 Å². The lowest BCUT2D eigenvalue weighted by Crippen LogP contribution is -1.98. The zero-order chi connectivity index (χ0) is 28.8. The molecule has 0 N–H and O–H groups in total. The van der Waals surface area contributed by atoms with Crippen LogP contribution in [-0.4, -0.2) is 15.0 Å². The summed E-state index contributed by atoms with van der Waals surface area (Å²) in [4.78, 5) is 14.0. The minimum Gasteiger partial charge on any atom is -0.208 e. The van der Waals surface area contributed by atoms with E-state index in [4.69, 9.17) is 16.6 Å². The zero-order valence-electron chi connectivity index (χ0n) is 23.1. The Morgan fingerprint density at radius 3 is 1.86 bits per heavy atom. The van der Waals surface area contributed by atoms with Crippen molar-refractivity contribution in [1.29, 1.82) is 0 Å². The van der Waals surface area contributed by atoms with E-state index in [0.29, 0.717) is 11.6 Å². The van der Waals surface area contributed by atoms with Gasteiger partial charge < -0.3 is 0 Å². The molecule has 0 fully saturated rings. The fraction of sp³-hybridized carbons (Fsp3) is 0. The molecular weight excluding hydrogens is 546 g/mol. The molecule has 0 bridgehead atoms. The van der Waals surface area contributed by atoms with E-state index in [-0.39, 0.29) is 5.28 Å². The SMILES string of the molecule is Clc1nc(-c2ccc3ccc(-c4cccc5ccccc45)cc3c2)nc(-c2cccc3cc(-c4ccccc4)ccc23)n1. The summed E-state index contributed by atoms with van der Waals surface area (Å²) in [5.74, 6) is 1.10. The molecule has 0 spiro atoms. The monoisotopic (exact) mass is 569 g/mol. The van der Waals surface area contributed by atoms with Crippen LogP contribution in [-0.2, 0) is 0 Å². The van der Waals surface area contributed by atoms with Gasteiger partial charge >= 0.3 is 0 Å². The van der Waals surface area contributed by atoms with Gasteiger partial charge in [-0.05, 0) is 84.4 Å². The van der Waals surface area contributed by atoms with Crippen LogP contribution in [0.5, 0.6) is 0 Å². The molecule has 8 aromatic rings. The van der Waals surface area contributed by atoms with Gasteiger partial charge in [-0.2, -0.15) is 9.97 Å². The smallest absolute Gasteiger partial charge is 0.208 e. The van der Waals surface area contributed by atoms with Gasteiger partial charge in [0.15, 0.2) is 11.6 Å². The molecule has 0 amide bonds. The summed E-state index contributed by atoms with van der Waals surface area (Å²) >= 11 is 6.52. The van der Waals surface area contributed by atoms with Crippen LogP contribution in [0.15, 0.2) is 146 Å². The van der Waals surface area contributed by atoms with E-state index in [1.54, 1.807) is 0 Å². The highest BCUT2D eigenvalue weighted by Gasteiger charge is 2.14. The molecule has 202 valence electrons. The van der Waals surface area contributed by atoms with Crippen LogP contribution < -0.4 is 0 Å². The molecule has 0 saturated carbocycles. The summed E-state index contributed by atoms with van der Waals surface area (Å²) in [5, 5.41) is 7.07. The second kappa shape index (κ2) is 10.5. The third-order valence-corrected chi connectivity index (χ3v) is 8.20. The van der Waals surface area contributed by atoms with Gasteiger partial charge in [-0.1, -0.05) is 127 Å². The number of fused-ring (bicyclic) bond motifs is 3. The van der Waals surface area contributed by atoms with Crippen molar-refractivity contribution in [3.05, 3.63) is 151 Å². The lowest BCUT2D eigenvalue weighted by molar-refractivity contribution is 1.07. The standard InChI is InChI=1S/C39H24ClN3/c40-39-42-37(41-38(43-39)36-15-7-12-29-22-28(20-21-35(29)36)25-8-2-1-3-9-25)31-19-17-26-16-18-30(23-32(26)24-31)34-14-6-11-27-10-4-5-13-33(27)34/h1-24H. The Balaban J connectivity index is 1.21. The lowest BCUT2D eigenvalue weighted by atomic mass is 9.95. The Labute approximate surface area is 254 Å². The number of hydrogen-bond donors (Lipinski definition) is 0. The normalized spacial score (nSPS) is 11.4. The first-order valence-corrected chi connectivity index (χ1v) is 14.6. The Bertz CT molecular complexity index is 2310. The molecule has 0 aliphatic rings. The molecule has 0 saturated heterocycles. The molecule has 1 aromatic heterocycles. The van der Waals surface area contributed by atoms with Crippen LogP contribution in [0.3, 0.4) is 0 Å². The maximum absolute atomic E-state index is 6.52. The van der Waals surface area contributed by atoms with Crippen molar-refractivity contribution in [2.45, 2.75) is 0 Å². The van der Waals surface area contributed by atoms with Gasteiger partial charge in [-0.15, -0.1) is 0 Å². The van der Waals surface area contributed by atoms with Crippen molar-refractivity contribution in [3.8, 4) is 45.0 Å². The van der Waals surface area contributed by atoms with E-state index in [9.17, 15) is 0 Å². The van der Waals surface area contributed by atoms with Crippen molar-refractivity contribution in [2.24, 2.45) is 0 Å². The van der Waals surface area contributed by atoms with Crippen LogP contribution in [0.25, 0.3) is 77.3 Å². The van der Waals surface area contributed by atoms with Crippen LogP contribution in [0.2, 0.25) is 5.28 Å². The van der Waals surface area contributed by atoms with Crippen molar-refractivity contribution in [2.75, 3.05) is 0 Å². The van der Waals surface area contributed by atoms with Crippen molar-refractivity contribution in [1.82, 2.24) is 15.0 Å². The molecule has 7 aromatic carbocycles. The number of nitrogens with zero attached hydrogens (tertiary/aromatic N) is 3. The van der Waals surface area contributed by atoms with Crippen LogP contribution in [0.4, 0.5) is 0 Å². The quantitative estimate of drug-likeness (QED) is 0.211. The van der Waals surface area contributed by atoms with Crippen LogP contribution in [0, 0.1) is 0 Å². The Hall–Kier alpha value is -5.38. The highest BCUT2D eigenvalue weighted by atomic mass is 35.5. The lowest BCUT2D eigenvalue weighted by Gasteiger charge is -2.11. The molecule has 0 radical (unpaired) electrons. The fourth-order valence-corrected chi connectivity index (χ4v) is 6.08. The molecule has 1 heterocycles. The highest BCUT2D eigenvalue weighted by molar-refractivity contribution is 6.28. The second-order valence-electron chi connectivity index (χ2n) is 10.7. The van der Waals surface area contributed by atoms with E-state index in [1.165, 1.54) is 33.0 Å². The summed E-state index contributed by atoms with van der Waals surface area (Å²) < 4.78 is 0. The highest BCUT2D eigenvalue weighted by Crippen LogP contribution is 2.34. The van der Waals surface area contributed by atoms with Gasteiger partial charge in [-0.3, -0.25) is 0 Å². The first-order valence-electron chi connectivity index (χ1n) is 14.2. The minimum atomic E-state index is 0.169. The summed E-state index contributed by atoms with van der Waals surface area (Å²) in [6.45, 7) is 0. The van der Waals surface area contributed by atoms with E-state index in [2.05, 4.69) is 131 Å². The van der Waals surface area contributed by atoms with Crippen molar-refractivity contribution < 1.29 is 0 Å². The molecule has 0 unspecified atom stereocenters. The zero-order valence-corrected chi connectivity index (χ0v) is 23.8. The summed E-state index contributed by atoms with van der Waals surface area (Å²) in [6.07, 6.45) is 0. The number of rotatable bonds is 4. The number of hydrogen-bond acceptors (Lipinski definition) is 3. The van der Waals surface area contributed by atoms with Crippen molar-refractivity contribution in [3.63, 3.8) is 0 Å². The number of halogens is 1. The van der Waals surface area contributed by atoms with E-state index >= 15 is 0 Å². The predicted molar refractivity (Wildman–Crippen MR) is 179 cm³/mol. The van der Waals surface area contributed by atoms with E-state index in [1.807, 2.05) is 24.3 Å². The maximum Gasteiger partial charge on any atom is 0.226 e. The molecule has 4 heteroatoms. The Morgan fingerprint density at radius 2 is 0.977 bits per heavy atom. The Morgan fingerprint density at radius 1 is 0.349 bits per heavy atom. The van der Waals surface area contributed by atoms with Gasteiger partial charge in [-0.25, -0.2) is 4.98 Å². The van der Waals surface area contributed by atoms with Gasteiger partial charge in [0, 0.05) is 11.1 Å². The van der Waals surface area contributed by atoms with Crippen LogP contribution in [0.1, 0.15) is 0 Å². The minimum absolute atomic E-state index is 0.169. The third-order valence-electron chi connectivity index (χ3n) is 8.04. The largest absolute Gasteiger partial charge is 0.226 e. The van der Waals surface area contributed by atoms with Gasteiger partial charge in [0.1, 0.15) is 0 Å². The van der Waals surface area contributed by atoms with Crippen LogP contribution >= 0.6 is 11.6 Å². The summed E-state index contributed by atoms with van der Waals surface area (Å²) in [7, 11) is 0. The summed E-state index contributed by atoms with van der Waals surface area (Å²) in [5.41, 5.74) is 6.53. The fourth-order valence-electron chi connectivity index (χ4n) is 5.92. The van der Waals surface area contributed by atoms with E-state index < -0.39 is 0 Å². The molecular formula is C39H24ClN3. The molecule has 3 nitrogen and oxygen atoms in total. The van der Waals surface area contributed by atoms with E-state index in [0.717, 1.165) is 32.7 Å². The summed E-state index contributed by atoms with van der Waals surface area (Å²) in [6, 6.07) is 50.9. The Kier molecular flexibility index (Phi) is 6.17. The molecule has 0 atom stereocenters. The average molecular weight is 570 g/mol. The third kappa shape index (κ3) is 4.70. The van der Waals surface area contributed by atoms with Gasteiger partial charge in [0.05, 0.1) is 0 Å². The molecule has 0 aliphatic carbocycles. The predicted octanol–water partition coefficient (Wildman–Crippen LogP) is 10.7. The molecule has 0 aliphatic heterocycles. The second-order valence-corrected chi connectivity index (χ2v) is 11.0. The molecule has 8 rings (SSSR count). The average Bonchev–Trinajstić information content (AvgIpc) is 3.07. The van der Waals surface area contributed by atoms with Gasteiger partial charge in [0.25, 0.3) is 0 Å². The maximum atomic E-state index is 6.52. The first kappa shape index (κ1) is 25.3.